The fraction of sp³-hybridized carbons (Fsp3) is 1.00. The van der Waals surface area contributed by atoms with E-state index in [0.29, 0.717) is 6.42 Å². The van der Waals surface area contributed by atoms with Gasteiger partial charge in [0.25, 0.3) is 0 Å². The molecule has 2 radical (unpaired) electrons. The summed E-state index contributed by atoms with van der Waals surface area (Å²) in [6.45, 7) is -0.102. The zero-order valence-corrected chi connectivity index (χ0v) is 5.56. The molecule has 3 N–H and O–H groups in total. The first-order valence-corrected chi connectivity index (χ1v) is 3.15. The van der Waals surface area contributed by atoms with Crippen LogP contribution in [0.5, 0.6) is 0 Å². The van der Waals surface area contributed by atoms with Crippen molar-refractivity contribution in [2.45, 2.75) is 24.6 Å². The molecule has 0 aromatic rings. The minimum Gasteiger partial charge on any atom is -0.394 e. The average Bonchev–Trinajstić information content (AvgIpc) is 2.30. The third-order valence-corrected chi connectivity index (χ3v) is 1.58. The van der Waals surface area contributed by atoms with Gasteiger partial charge in [0.2, 0.25) is 0 Å². The van der Waals surface area contributed by atoms with Gasteiger partial charge in [0.1, 0.15) is 20.1 Å². The van der Waals surface area contributed by atoms with Crippen molar-refractivity contribution in [3.05, 3.63) is 0 Å². The molecular weight excluding hydrogens is 133 g/mol. The first kappa shape index (κ1) is 8.01. The van der Waals surface area contributed by atoms with Crippen molar-refractivity contribution in [1.29, 1.82) is 0 Å². The average molecular weight is 143 g/mol. The molecule has 1 unspecified atom stereocenters. The molecule has 3 atom stereocenters. The molecule has 1 rings (SSSR count). The van der Waals surface area contributed by atoms with Crippen molar-refractivity contribution >= 4 is 7.85 Å². The fourth-order valence-corrected chi connectivity index (χ4v) is 1.05. The maximum atomic E-state index is 8.67. The largest absolute Gasteiger partial charge is 0.394 e. The molecule has 5 heteroatoms. The maximum absolute atomic E-state index is 8.67. The van der Waals surface area contributed by atoms with E-state index in [-0.39, 0.29) is 24.8 Å². The van der Waals surface area contributed by atoms with E-state index in [0.717, 1.165) is 0 Å². The Labute approximate surface area is 60.7 Å². The van der Waals surface area contributed by atoms with E-state index in [1.54, 1.807) is 0 Å². The van der Waals surface area contributed by atoms with Crippen molar-refractivity contribution in [3.8, 4) is 0 Å². The highest BCUT2D eigenvalue weighted by Crippen LogP contribution is 2.19. The van der Waals surface area contributed by atoms with Crippen LogP contribution in [0.1, 0.15) is 6.42 Å². The summed E-state index contributed by atoms with van der Waals surface area (Å²) in [4.78, 5) is 4.52. The molecule has 0 bridgehead atoms. The Bertz CT molecular complexity index is 101. The molecular formula is C5H10BNO3. The van der Waals surface area contributed by atoms with Crippen molar-refractivity contribution < 1.29 is 14.7 Å². The molecule has 0 spiro atoms. The number of aliphatic hydroxyl groups is 1. The molecule has 0 aromatic carbocycles. The molecule has 0 saturated carbocycles. The second-order valence-corrected chi connectivity index (χ2v) is 2.31. The van der Waals surface area contributed by atoms with E-state index in [4.69, 9.17) is 23.6 Å². The third-order valence-electron chi connectivity index (χ3n) is 1.58. The van der Waals surface area contributed by atoms with Gasteiger partial charge in [-0.1, -0.05) is 0 Å². The van der Waals surface area contributed by atoms with Gasteiger partial charge in [0, 0.05) is 6.00 Å². The van der Waals surface area contributed by atoms with Crippen molar-refractivity contribution in [3.63, 3.8) is 0 Å². The summed E-state index contributed by atoms with van der Waals surface area (Å²) in [5.41, 5.74) is 0. The summed E-state index contributed by atoms with van der Waals surface area (Å²) in [7, 11) is 5.40. The van der Waals surface area contributed by atoms with Crippen molar-refractivity contribution in [1.82, 2.24) is 0 Å². The Morgan fingerprint density at radius 2 is 2.50 bits per heavy atom. The van der Waals surface area contributed by atoms with E-state index in [9.17, 15) is 0 Å². The molecule has 1 heterocycles. The third kappa shape index (κ3) is 1.49. The quantitative estimate of drug-likeness (QED) is 0.365. The van der Waals surface area contributed by atoms with Gasteiger partial charge in [-0.05, 0) is 6.42 Å². The van der Waals surface area contributed by atoms with Crippen LogP contribution in [-0.4, -0.2) is 37.8 Å². The second-order valence-electron chi connectivity index (χ2n) is 2.31. The summed E-state index contributed by atoms with van der Waals surface area (Å²) < 4.78 is 5.04. The van der Waals surface area contributed by atoms with E-state index in [1.165, 1.54) is 0 Å². The highest BCUT2D eigenvalue weighted by Gasteiger charge is 2.32. The molecule has 0 aromatic heterocycles. The van der Waals surface area contributed by atoms with Crippen LogP contribution in [0, 0.1) is 0 Å². The molecule has 0 amide bonds. The van der Waals surface area contributed by atoms with Gasteiger partial charge in [-0.25, -0.2) is 5.90 Å². The minimum atomic E-state index is -0.361. The highest BCUT2D eigenvalue weighted by atomic mass is 16.6. The molecule has 1 aliphatic heterocycles. The van der Waals surface area contributed by atoms with Crippen LogP contribution in [0.2, 0.25) is 0 Å². The van der Waals surface area contributed by atoms with Crippen LogP contribution < -0.4 is 5.90 Å². The number of rotatable bonds is 2. The van der Waals surface area contributed by atoms with Crippen LogP contribution in [0.25, 0.3) is 0 Å². The Morgan fingerprint density at radius 1 is 1.80 bits per heavy atom. The number of ether oxygens (including phenoxy) is 1. The van der Waals surface area contributed by atoms with Crippen molar-refractivity contribution in [2.24, 2.45) is 5.90 Å². The zero-order valence-electron chi connectivity index (χ0n) is 5.56. The molecule has 4 nitrogen and oxygen atoms in total. The summed E-state index contributed by atoms with van der Waals surface area (Å²) >= 11 is 0. The van der Waals surface area contributed by atoms with Crippen LogP contribution in [0.15, 0.2) is 0 Å². The molecule has 56 valence electrons. The Morgan fingerprint density at radius 3 is 2.90 bits per heavy atom. The summed E-state index contributed by atoms with van der Waals surface area (Å²) in [6, 6.07) is -0.356. The van der Waals surface area contributed by atoms with E-state index in [1.807, 2.05) is 0 Å². The topological polar surface area (TPSA) is 64.7 Å². The summed E-state index contributed by atoms with van der Waals surface area (Å²) in [5, 5.41) is 8.67. The monoisotopic (exact) mass is 143 g/mol. The first-order chi connectivity index (χ1) is 4.77. The normalized spacial score (nSPS) is 40.4. The van der Waals surface area contributed by atoms with Gasteiger partial charge in [-0.2, -0.15) is 0 Å². The van der Waals surface area contributed by atoms with Crippen LogP contribution in [-0.2, 0) is 9.57 Å². The van der Waals surface area contributed by atoms with Gasteiger partial charge in [0.05, 0.1) is 6.61 Å². The lowest BCUT2D eigenvalue weighted by Crippen LogP contribution is -2.29. The minimum absolute atomic E-state index is 0.102. The smallest absolute Gasteiger partial charge is 0.109 e. The highest BCUT2D eigenvalue weighted by molar-refractivity contribution is 6.11. The maximum Gasteiger partial charge on any atom is 0.109 e. The van der Waals surface area contributed by atoms with E-state index in [2.05, 4.69) is 4.84 Å². The van der Waals surface area contributed by atoms with Gasteiger partial charge in [-0.15, -0.1) is 0 Å². The van der Waals surface area contributed by atoms with Crippen LogP contribution >= 0.6 is 0 Å². The lowest BCUT2D eigenvalue weighted by Gasteiger charge is -2.12. The predicted molar refractivity (Wildman–Crippen MR) is 35.2 cm³/mol. The lowest BCUT2D eigenvalue weighted by atomic mass is 9.96. The SMILES string of the molecule is [B][C@H]1CC(ON)[C@@H](CO)O1. The molecule has 0 aliphatic carbocycles. The number of aliphatic hydroxyl groups excluding tert-OH is 1. The molecule has 1 saturated heterocycles. The first-order valence-electron chi connectivity index (χ1n) is 3.15. The number of nitrogens with two attached hydrogens (primary N) is 1. The van der Waals surface area contributed by atoms with Gasteiger partial charge in [-0.3, -0.25) is 4.84 Å². The zero-order chi connectivity index (χ0) is 7.56. The molecule has 1 aliphatic rings. The Kier molecular flexibility index (Phi) is 2.68. The van der Waals surface area contributed by atoms with E-state index < -0.39 is 0 Å². The summed E-state index contributed by atoms with van der Waals surface area (Å²) in [5.74, 6) is 4.92. The number of hydrogen-bond acceptors (Lipinski definition) is 4. The molecule has 1 fully saturated rings. The molecule has 10 heavy (non-hydrogen) atoms. The summed E-state index contributed by atoms with van der Waals surface area (Å²) in [6.07, 6.45) is -0.0816. The van der Waals surface area contributed by atoms with Crippen LogP contribution in [0.3, 0.4) is 0 Å². The van der Waals surface area contributed by atoms with Gasteiger partial charge < -0.3 is 9.84 Å². The predicted octanol–water partition coefficient (Wildman–Crippen LogP) is -1.48. The Hall–Kier alpha value is -0.0951. The van der Waals surface area contributed by atoms with Gasteiger partial charge in [0.15, 0.2) is 0 Å². The second kappa shape index (κ2) is 3.34. The van der Waals surface area contributed by atoms with Crippen LogP contribution in [0.4, 0.5) is 0 Å². The van der Waals surface area contributed by atoms with Crippen molar-refractivity contribution in [2.75, 3.05) is 6.61 Å². The lowest BCUT2D eigenvalue weighted by molar-refractivity contribution is -0.0383. The Balaban J connectivity index is 2.41. The standard InChI is InChI=1S/C5H10BNO3/c6-5-1-3(10-7)4(2-8)9-5/h3-5,8H,1-2,7H2/t3?,4-,5-/m1/s1. The number of hydrogen-bond donors (Lipinski definition) is 2. The van der Waals surface area contributed by atoms with Gasteiger partial charge >= 0.3 is 0 Å². The van der Waals surface area contributed by atoms with E-state index >= 15 is 0 Å². The fourth-order valence-electron chi connectivity index (χ4n) is 1.05.